The zero-order valence-electron chi connectivity index (χ0n) is 19.0. The number of hydrogen-bond acceptors (Lipinski definition) is 7. The van der Waals surface area contributed by atoms with E-state index in [9.17, 15) is 4.79 Å². The normalized spacial score (nSPS) is 10.8. The molecule has 0 atom stereocenters. The molecule has 0 unspecified atom stereocenters. The molecule has 0 saturated heterocycles. The van der Waals surface area contributed by atoms with E-state index in [2.05, 4.69) is 40.9 Å². The summed E-state index contributed by atoms with van der Waals surface area (Å²) in [5, 5.41) is 14.5. The van der Waals surface area contributed by atoms with E-state index < -0.39 is 0 Å². The molecule has 4 aromatic rings. The number of nitrogens with zero attached hydrogens (tertiary/aromatic N) is 4. The minimum absolute atomic E-state index is 0.153. The predicted octanol–water partition coefficient (Wildman–Crippen LogP) is 5.51. The van der Waals surface area contributed by atoms with Crippen LogP contribution in [0.15, 0.2) is 71.7 Å². The maximum Gasteiger partial charge on any atom is 0.236 e. The summed E-state index contributed by atoms with van der Waals surface area (Å²) in [4.78, 5) is 17.0. The van der Waals surface area contributed by atoms with Crippen LogP contribution in [-0.2, 0) is 17.9 Å². The van der Waals surface area contributed by atoms with Crippen LogP contribution in [0.4, 0.5) is 5.13 Å². The zero-order valence-corrected chi connectivity index (χ0v) is 20.7. The van der Waals surface area contributed by atoms with Gasteiger partial charge >= 0.3 is 0 Å². The first-order valence-corrected chi connectivity index (χ1v) is 12.6. The Balaban J connectivity index is 1.35. The van der Waals surface area contributed by atoms with Crippen molar-refractivity contribution in [3.05, 3.63) is 83.5 Å². The molecule has 1 N–H and O–H groups in total. The molecule has 0 bridgehead atoms. The number of carbonyl (C=O) groups excluding carboxylic acids is 1. The zero-order chi connectivity index (χ0) is 23.9. The van der Waals surface area contributed by atoms with Crippen LogP contribution in [0.1, 0.15) is 17.0 Å². The average molecular weight is 492 g/mol. The third-order valence-electron chi connectivity index (χ3n) is 5.10. The maximum atomic E-state index is 12.5. The lowest BCUT2D eigenvalue weighted by Crippen LogP contribution is -2.15. The number of carbonyl (C=O) groups is 1. The van der Waals surface area contributed by atoms with Crippen molar-refractivity contribution < 1.29 is 9.53 Å². The van der Waals surface area contributed by atoms with Gasteiger partial charge in [-0.1, -0.05) is 54.2 Å². The van der Waals surface area contributed by atoms with Crippen LogP contribution >= 0.6 is 23.1 Å². The molecule has 174 valence electrons. The van der Waals surface area contributed by atoms with Crippen LogP contribution in [0.2, 0.25) is 0 Å². The highest BCUT2D eigenvalue weighted by Crippen LogP contribution is 2.25. The van der Waals surface area contributed by atoms with Crippen molar-refractivity contribution in [2.45, 2.75) is 32.2 Å². The second kappa shape index (κ2) is 11.1. The summed E-state index contributed by atoms with van der Waals surface area (Å²) in [7, 11) is 0. The van der Waals surface area contributed by atoms with Gasteiger partial charge in [-0.25, -0.2) is 4.98 Å². The standard InChI is InChI=1S/C25H25N5O2S2/c1-4-12-30-22(14-32-20-11-10-17(2)18(3)13-20)28-29-25(30)34-16-23(31)27-24-26-21(15-33-24)19-8-6-5-7-9-19/h4-11,13,15H,1,12,14,16H2,2-3H3,(H,26,27,31). The number of benzene rings is 2. The van der Waals surface area contributed by atoms with Gasteiger partial charge in [-0.05, 0) is 37.1 Å². The number of hydrogen-bond donors (Lipinski definition) is 1. The lowest BCUT2D eigenvalue weighted by Gasteiger charge is -2.10. The number of rotatable bonds is 10. The summed E-state index contributed by atoms with van der Waals surface area (Å²) < 4.78 is 7.82. The van der Waals surface area contributed by atoms with Gasteiger partial charge in [0, 0.05) is 17.5 Å². The van der Waals surface area contributed by atoms with Gasteiger partial charge in [-0.3, -0.25) is 9.36 Å². The molecule has 0 radical (unpaired) electrons. The maximum absolute atomic E-state index is 12.5. The number of allylic oxidation sites excluding steroid dienone is 1. The second-order valence-electron chi connectivity index (χ2n) is 7.57. The van der Waals surface area contributed by atoms with Crippen LogP contribution < -0.4 is 10.1 Å². The molecular formula is C25H25N5O2S2. The van der Waals surface area contributed by atoms with Crippen LogP contribution in [0.25, 0.3) is 11.3 Å². The highest BCUT2D eigenvalue weighted by Gasteiger charge is 2.15. The van der Waals surface area contributed by atoms with Gasteiger partial charge < -0.3 is 10.1 Å². The number of thiazole rings is 1. The molecule has 34 heavy (non-hydrogen) atoms. The van der Waals surface area contributed by atoms with Crippen molar-refractivity contribution in [3.63, 3.8) is 0 Å². The van der Waals surface area contributed by atoms with E-state index in [-0.39, 0.29) is 18.3 Å². The van der Waals surface area contributed by atoms with Gasteiger partial charge in [0.25, 0.3) is 0 Å². The minimum Gasteiger partial charge on any atom is -0.486 e. The van der Waals surface area contributed by atoms with Gasteiger partial charge in [0.1, 0.15) is 12.4 Å². The second-order valence-corrected chi connectivity index (χ2v) is 9.37. The number of nitrogens with one attached hydrogen (secondary N) is 1. The van der Waals surface area contributed by atoms with Crippen molar-refractivity contribution in [1.82, 2.24) is 19.7 Å². The van der Waals surface area contributed by atoms with Crippen molar-refractivity contribution in [2.75, 3.05) is 11.1 Å². The molecule has 1 amide bonds. The molecule has 0 aliphatic carbocycles. The molecule has 2 aromatic heterocycles. The third kappa shape index (κ3) is 5.92. The molecular weight excluding hydrogens is 466 g/mol. The topological polar surface area (TPSA) is 81.9 Å². The molecule has 0 saturated carbocycles. The number of amides is 1. The molecule has 7 nitrogen and oxygen atoms in total. The van der Waals surface area contributed by atoms with Gasteiger partial charge in [0.05, 0.1) is 11.4 Å². The van der Waals surface area contributed by atoms with Crippen LogP contribution in [-0.4, -0.2) is 31.4 Å². The fraction of sp³-hybridized carbons (Fsp3) is 0.200. The van der Waals surface area contributed by atoms with Crippen LogP contribution in [0.3, 0.4) is 0 Å². The van der Waals surface area contributed by atoms with Gasteiger partial charge in [-0.15, -0.1) is 28.1 Å². The molecule has 0 aliphatic rings. The summed E-state index contributed by atoms with van der Waals surface area (Å²) >= 11 is 2.72. The van der Waals surface area contributed by atoms with Crippen molar-refractivity contribution >= 4 is 34.1 Å². The van der Waals surface area contributed by atoms with E-state index in [1.54, 1.807) is 6.08 Å². The quantitative estimate of drug-likeness (QED) is 0.233. The Morgan fingerprint density at radius 2 is 2.00 bits per heavy atom. The van der Waals surface area contributed by atoms with Crippen molar-refractivity contribution in [2.24, 2.45) is 0 Å². The first-order valence-electron chi connectivity index (χ1n) is 10.7. The molecule has 0 spiro atoms. The highest BCUT2D eigenvalue weighted by atomic mass is 32.2. The fourth-order valence-corrected chi connectivity index (χ4v) is 4.66. The number of thioether (sulfide) groups is 1. The van der Waals surface area contributed by atoms with Gasteiger partial charge in [0.15, 0.2) is 16.1 Å². The third-order valence-corrected chi connectivity index (χ3v) is 6.83. The van der Waals surface area contributed by atoms with E-state index in [0.29, 0.717) is 22.7 Å². The molecule has 0 aliphatic heterocycles. The Morgan fingerprint density at radius 3 is 2.76 bits per heavy atom. The molecule has 2 aromatic carbocycles. The average Bonchev–Trinajstić information content (AvgIpc) is 3.46. The molecule has 0 fully saturated rings. The smallest absolute Gasteiger partial charge is 0.236 e. The summed E-state index contributed by atoms with van der Waals surface area (Å²) in [6, 6.07) is 15.8. The van der Waals surface area contributed by atoms with E-state index in [1.165, 1.54) is 34.2 Å². The largest absolute Gasteiger partial charge is 0.486 e. The summed E-state index contributed by atoms with van der Waals surface area (Å²) in [6.45, 7) is 8.74. The number of ether oxygens (including phenoxy) is 1. The van der Waals surface area contributed by atoms with E-state index in [4.69, 9.17) is 4.74 Å². The lowest BCUT2D eigenvalue weighted by molar-refractivity contribution is -0.113. The van der Waals surface area contributed by atoms with Gasteiger partial charge in [0.2, 0.25) is 5.91 Å². The SMILES string of the molecule is C=CCn1c(COc2ccc(C)c(C)c2)nnc1SCC(=O)Nc1nc(-c2ccccc2)cs1. The Labute approximate surface area is 206 Å². The number of aromatic nitrogens is 4. The lowest BCUT2D eigenvalue weighted by atomic mass is 10.1. The van der Waals surface area contributed by atoms with Gasteiger partial charge in [-0.2, -0.15) is 0 Å². The Bertz CT molecular complexity index is 1280. The predicted molar refractivity (Wildman–Crippen MR) is 137 cm³/mol. The van der Waals surface area contributed by atoms with Crippen molar-refractivity contribution in [3.8, 4) is 17.0 Å². The number of aryl methyl sites for hydroxylation is 2. The van der Waals surface area contributed by atoms with E-state index in [1.807, 2.05) is 58.5 Å². The highest BCUT2D eigenvalue weighted by molar-refractivity contribution is 7.99. The minimum atomic E-state index is -0.153. The van der Waals surface area contributed by atoms with E-state index >= 15 is 0 Å². The molecule has 9 heteroatoms. The Hall–Kier alpha value is -3.43. The Kier molecular flexibility index (Phi) is 7.76. The Morgan fingerprint density at radius 1 is 1.18 bits per heavy atom. The van der Waals surface area contributed by atoms with Crippen LogP contribution in [0, 0.1) is 13.8 Å². The summed E-state index contributed by atoms with van der Waals surface area (Å²) in [5.41, 5.74) is 4.24. The van der Waals surface area contributed by atoms with Crippen LogP contribution in [0.5, 0.6) is 5.75 Å². The first-order chi connectivity index (χ1) is 16.5. The number of anilines is 1. The molecule has 4 rings (SSSR count). The first kappa shape index (κ1) is 23.7. The van der Waals surface area contributed by atoms with E-state index in [0.717, 1.165) is 17.0 Å². The fourth-order valence-electron chi connectivity index (χ4n) is 3.15. The summed E-state index contributed by atoms with van der Waals surface area (Å²) in [5.74, 6) is 1.49. The monoisotopic (exact) mass is 491 g/mol. The summed E-state index contributed by atoms with van der Waals surface area (Å²) in [6.07, 6.45) is 1.77. The molecule has 2 heterocycles. The van der Waals surface area contributed by atoms with Crippen molar-refractivity contribution in [1.29, 1.82) is 0 Å².